The second kappa shape index (κ2) is 3.36. The van der Waals surface area contributed by atoms with Crippen LogP contribution in [0.25, 0.3) is 0 Å². The Hall–Kier alpha value is -1.28. The molecule has 1 aromatic rings. The molecule has 1 aliphatic rings. The van der Waals surface area contributed by atoms with Gasteiger partial charge in [-0.3, -0.25) is 10.1 Å². The first-order valence-corrected chi connectivity index (χ1v) is 4.85. The number of nitro benzene ring substituents is 1. The number of aliphatic hydroxyl groups is 1. The van der Waals surface area contributed by atoms with Crippen molar-refractivity contribution in [1.29, 1.82) is 0 Å². The largest absolute Gasteiger partial charge is 0.429 e. The van der Waals surface area contributed by atoms with Gasteiger partial charge in [-0.2, -0.15) is 8.78 Å². The van der Waals surface area contributed by atoms with Gasteiger partial charge < -0.3 is 9.84 Å². The van der Waals surface area contributed by atoms with Crippen LogP contribution in [0.4, 0.5) is 14.5 Å². The highest BCUT2D eigenvalue weighted by molar-refractivity contribution is 9.10. The Morgan fingerprint density at radius 3 is 2.75 bits per heavy atom. The van der Waals surface area contributed by atoms with Crippen molar-refractivity contribution in [1.82, 2.24) is 0 Å². The number of benzene rings is 1. The van der Waals surface area contributed by atoms with E-state index in [1.807, 2.05) is 0 Å². The number of aliphatic hydroxyl groups excluding tert-OH is 1. The standard InChI is InChI=1S/C8H4BrF2NO4/c9-5-2-3(12(14)15)1-4-6(5)16-8(10,11)7(4)13/h1-2,7,13H. The van der Waals surface area contributed by atoms with Gasteiger partial charge in [-0.05, 0) is 15.9 Å². The Labute approximate surface area is 95.9 Å². The molecule has 0 saturated carbocycles. The van der Waals surface area contributed by atoms with Crippen LogP contribution >= 0.6 is 15.9 Å². The van der Waals surface area contributed by atoms with E-state index < -0.39 is 22.8 Å². The Bertz CT molecular complexity index is 479. The van der Waals surface area contributed by atoms with Crippen LogP contribution in [0.15, 0.2) is 16.6 Å². The van der Waals surface area contributed by atoms with Crippen molar-refractivity contribution in [3.05, 3.63) is 32.3 Å². The van der Waals surface area contributed by atoms with Gasteiger partial charge in [-0.1, -0.05) is 0 Å². The van der Waals surface area contributed by atoms with E-state index in [-0.39, 0.29) is 15.8 Å². The first-order chi connectivity index (χ1) is 7.33. The van der Waals surface area contributed by atoms with Crippen LogP contribution in [0.3, 0.4) is 0 Å². The summed E-state index contributed by atoms with van der Waals surface area (Å²) < 4.78 is 30.2. The fourth-order valence-corrected chi connectivity index (χ4v) is 1.93. The van der Waals surface area contributed by atoms with Gasteiger partial charge >= 0.3 is 6.11 Å². The Morgan fingerprint density at radius 2 is 2.19 bits per heavy atom. The number of nitrogens with zero attached hydrogens (tertiary/aromatic N) is 1. The van der Waals surface area contributed by atoms with Crippen LogP contribution in [-0.2, 0) is 0 Å². The number of fused-ring (bicyclic) bond motifs is 1. The number of non-ortho nitro benzene ring substituents is 1. The average molecular weight is 296 g/mol. The highest BCUT2D eigenvalue weighted by atomic mass is 79.9. The lowest BCUT2D eigenvalue weighted by Crippen LogP contribution is -2.26. The number of rotatable bonds is 1. The van der Waals surface area contributed by atoms with Crippen molar-refractivity contribution in [2.24, 2.45) is 0 Å². The van der Waals surface area contributed by atoms with Gasteiger partial charge in [-0.15, -0.1) is 0 Å². The van der Waals surface area contributed by atoms with E-state index in [2.05, 4.69) is 20.7 Å². The molecule has 1 heterocycles. The van der Waals surface area contributed by atoms with Crippen molar-refractivity contribution in [2.75, 3.05) is 0 Å². The second-order valence-electron chi connectivity index (χ2n) is 3.17. The first-order valence-electron chi connectivity index (χ1n) is 4.05. The monoisotopic (exact) mass is 295 g/mol. The molecule has 1 N–H and O–H groups in total. The number of halogens is 3. The minimum absolute atomic E-state index is 0.00734. The zero-order valence-corrected chi connectivity index (χ0v) is 9.07. The van der Waals surface area contributed by atoms with Gasteiger partial charge in [0.15, 0.2) is 6.10 Å². The molecular formula is C8H4BrF2NO4. The lowest BCUT2D eigenvalue weighted by atomic mass is 10.1. The summed E-state index contributed by atoms with van der Waals surface area (Å²) in [6.07, 6.45) is -5.96. The molecule has 86 valence electrons. The van der Waals surface area contributed by atoms with Gasteiger partial charge in [0, 0.05) is 17.7 Å². The Balaban J connectivity index is 2.59. The topological polar surface area (TPSA) is 72.6 Å². The molecule has 0 saturated heterocycles. The third-order valence-corrected chi connectivity index (χ3v) is 2.71. The fourth-order valence-electron chi connectivity index (χ4n) is 1.39. The summed E-state index contributed by atoms with van der Waals surface area (Å²) in [5.74, 6) is -0.275. The van der Waals surface area contributed by atoms with Gasteiger partial charge in [0.25, 0.3) is 5.69 Å². The predicted molar refractivity (Wildman–Crippen MR) is 51.3 cm³/mol. The molecule has 0 fully saturated rings. The smallest absolute Gasteiger partial charge is 0.429 e. The second-order valence-corrected chi connectivity index (χ2v) is 4.02. The molecule has 2 rings (SSSR count). The summed E-state index contributed by atoms with van der Waals surface area (Å²) in [6.45, 7) is 0. The van der Waals surface area contributed by atoms with Gasteiger partial charge in [0.05, 0.1) is 9.40 Å². The lowest BCUT2D eigenvalue weighted by Gasteiger charge is -2.11. The van der Waals surface area contributed by atoms with E-state index in [1.165, 1.54) is 0 Å². The lowest BCUT2D eigenvalue weighted by molar-refractivity contribution is -0.385. The summed E-state index contributed by atoms with van der Waals surface area (Å²) >= 11 is 2.87. The molecule has 16 heavy (non-hydrogen) atoms. The van der Waals surface area contributed by atoms with Crippen LogP contribution < -0.4 is 4.74 Å². The molecule has 0 radical (unpaired) electrons. The highest BCUT2D eigenvalue weighted by Crippen LogP contribution is 2.49. The SMILES string of the molecule is O=[N+]([O-])c1cc(Br)c2c(c1)C(O)C(F)(F)O2. The number of hydrogen-bond acceptors (Lipinski definition) is 4. The molecular weight excluding hydrogens is 292 g/mol. The molecule has 0 amide bonds. The number of alkyl halides is 2. The van der Waals surface area contributed by atoms with Gasteiger partial charge in [0.2, 0.25) is 0 Å². The fraction of sp³-hybridized carbons (Fsp3) is 0.250. The number of hydrogen-bond donors (Lipinski definition) is 1. The van der Waals surface area contributed by atoms with E-state index in [9.17, 15) is 24.0 Å². The van der Waals surface area contributed by atoms with E-state index in [1.54, 1.807) is 0 Å². The van der Waals surface area contributed by atoms with Crippen molar-refractivity contribution in [2.45, 2.75) is 12.2 Å². The Kier molecular flexibility index (Phi) is 2.35. The normalized spacial score (nSPS) is 21.4. The van der Waals surface area contributed by atoms with Gasteiger partial charge in [0.1, 0.15) is 5.75 Å². The summed E-state index contributed by atoms with van der Waals surface area (Å²) in [5, 5.41) is 19.7. The molecule has 0 spiro atoms. The summed E-state index contributed by atoms with van der Waals surface area (Å²) in [6, 6.07) is 1.90. The first kappa shape index (κ1) is 11.2. The van der Waals surface area contributed by atoms with Crippen molar-refractivity contribution in [3.8, 4) is 5.75 Å². The predicted octanol–water partition coefficient (Wildman–Crippen LogP) is 2.38. The minimum Gasteiger partial charge on any atom is -0.429 e. The van der Waals surface area contributed by atoms with E-state index in [4.69, 9.17) is 0 Å². The van der Waals surface area contributed by atoms with Crippen LogP contribution in [0.1, 0.15) is 11.7 Å². The maximum absolute atomic E-state index is 13.0. The summed E-state index contributed by atoms with van der Waals surface area (Å²) in [4.78, 5) is 9.75. The zero-order valence-electron chi connectivity index (χ0n) is 7.49. The molecule has 1 unspecified atom stereocenters. The molecule has 0 aliphatic carbocycles. The minimum atomic E-state index is -3.76. The summed E-state index contributed by atoms with van der Waals surface area (Å²) in [7, 11) is 0. The molecule has 8 heteroatoms. The van der Waals surface area contributed by atoms with Crippen molar-refractivity contribution >= 4 is 21.6 Å². The molecule has 1 aliphatic heterocycles. The van der Waals surface area contributed by atoms with E-state index in [0.29, 0.717) is 0 Å². The third-order valence-electron chi connectivity index (χ3n) is 2.12. The average Bonchev–Trinajstić information content (AvgIpc) is 2.40. The third kappa shape index (κ3) is 1.54. The maximum atomic E-state index is 13.0. The summed E-state index contributed by atoms with van der Waals surface area (Å²) in [5.41, 5.74) is -0.697. The van der Waals surface area contributed by atoms with Crippen LogP contribution in [0, 0.1) is 10.1 Å². The highest BCUT2D eigenvalue weighted by Gasteiger charge is 2.51. The van der Waals surface area contributed by atoms with Crippen LogP contribution in [-0.4, -0.2) is 16.1 Å². The molecule has 0 aromatic heterocycles. The maximum Gasteiger partial charge on any atom is 0.429 e. The van der Waals surface area contributed by atoms with Crippen LogP contribution in [0.5, 0.6) is 5.75 Å². The van der Waals surface area contributed by atoms with Crippen molar-refractivity contribution < 1.29 is 23.5 Å². The van der Waals surface area contributed by atoms with E-state index in [0.717, 1.165) is 12.1 Å². The molecule has 5 nitrogen and oxygen atoms in total. The Morgan fingerprint density at radius 1 is 1.56 bits per heavy atom. The van der Waals surface area contributed by atoms with Crippen LogP contribution in [0.2, 0.25) is 0 Å². The molecule has 1 aromatic carbocycles. The van der Waals surface area contributed by atoms with Gasteiger partial charge in [-0.25, -0.2) is 0 Å². The van der Waals surface area contributed by atoms with Crippen molar-refractivity contribution in [3.63, 3.8) is 0 Å². The number of nitro groups is 1. The number of ether oxygens (including phenoxy) is 1. The molecule has 0 bridgehead atoms. The quantitative estimate of drug-likeness (QED) is 0.638. The zero-order chi connectivity index (χ0) is 12.1. The van der Waals surface area contributed by atoms with E-state index >= 15 is 0 Å². The molecule has 1 atom stereocenters.